The van der Waals surface area contributed by atoms with Gasteiger partial charge in [0.05, 0.1) is 25.4 Å². The smallest absolute Gasteiger partial charge is 0.451 e. The van der Waals surface area contributed by atoms with E-state index in [2.05, 4.69) is 15.5 Å². The summed E-state index contributed by atoms with van der Waals surface area (Å²) in [5.74, 6) is -0.508. The van der Waals surface area contributed by atoms with Crippen LogP contribution in [0.5, 0.6) is 5.75 Å². The Morgan fingerprint density at radius 2 is 2.04 bits per heavy atom. The maximum Gasteiger partial charge on any atom is 0.451 e. The van der Waals surface area contributed by atoms with Crippen molar-refractivity contribution in [1.82, 2.24) is 19.7 Å². The lowest BCUT2D eigenvalue weighted by Crippen LogP contribution is -2.40. The fraction of sp³-hybridized carbons (Fsp3) is 0.438. The molecule has 0 spiro atoms. The number of para-hydroxylation sites is 2. The Labute approximate surface area is 147 Å². The SMILES string of the molecule is CCOc1ccccc1NC(=O)CN1CCn2c(nnc2C(F)(F)F)C1. The van der Waals surface area contributed by atoms with E-state index in [0.717, 1.165) is 4.57 Å². The molecular weight excluding hydrogens is 351 g/mol. The molecule has 0 saturated heterocycles. The third kappa shape index (κ3) is 3.96. The lowest BCUT2D eigenvalue weighted by atomic mass is 10.3. The Morgan fingerprint density at radius 3 is 2.77 bits per heavy atom. The Balaban J connectivity index is 1.62. The van der Waals surface area contributed by atoms with Crippen LogP contribution in [-0.4, -0.2) is 45.3 Å². The van der Waals surface area contributed by atoms with Crippen LogP contribution in [0, 0.1) is 0 Å². The van der Waals surface area contributed by atoms with Crippen LogP contribution >= 0.6 is 0 Å². The van der Waals surface area contributed by atoms with E-state index < -0.39 is 12.0 Å². The van der Waals surface area contributed by atoms with Crippen LogP contribution in [0.25, 0.3) is 0 Å². The van der Waals surface area contributed by atoms with Crippen molar-refractivity contribution >= 4 is 11.6 Å². The predicted octanol–water partition coefficient (Wildman–Crippen LogP) is 2.15. The molecule has 0 unspecified atom stereocenters. The molecule has 2 heterocycles. The molecule has 1 aliphatic heterocycles. The average Bonchev–Trinajstić information content (AvgIpc) is 3.00. The standard InChI is InChI=1S/C16H18F3N5O2/c1-2-26-12-6-4-3-5-11(12)20-14(25)10-23-7-8-24-13(9-23)21-22-15(24)16(17,18)19/h3-6H,2,7-10H2,1H3,(H,20,25). The van der Waals surface area contributed by atoms with Gasteiger partial charge in [-0.1, -0.05) is 12.1 Å². The van der Waals surface area contributed by atoms with Crippen LogP contribution in [0.3, 0.4) is 0 Å². The van der Waals surface area contributed by atoms with E-state index in [1.807, 2.05) is 6.92 Å². The van der Waals surface area contributed by atoms with Crippen LogP contribution in [-0.2, 0) is 24.1 Å². The van der Waals surface area contributed by atoms with Crippen molar-refractivity contribution in [2.75, 3.05) is 25.0 Å². The van der Waals surface area contributed by atoms with Gasteiger partial charge in [-0.05, 0) is 19.1 Å². The summed E-state index contributed by atoms with van der Waals surface area (Å²) in [4.78, 5) is 14.0. The number of aromatic nitrogens is 3. The minimum Gasteiger partial charge on any atom is -0.492 e. The first-order valence-corrected chi connectivity index (χ1v) is 8.11. The van der Waals surface area contributed by atoms with Crippen LogP contribution in [0.4, 0.5) is 18.9 Å². The lowest BCUT2D eigenvalue weighted by molar-refractivity contribution is -0.148. The monoisotopic (exact) mass is 369 g/mol. The van der Waals surface area contributed by atoms with E-state index in [1.165, 1.54) is 0 Å². The highest BCUT2D eigenvalue weighted by Crippen LogP contribution is 2.29. The fourth-order valence-corrected chi connectivity index (χ4v) is 2.80. The first-order chi connectivity index (χ1) is 12.4. The topological polar surface area (TPSA) is 72.3 Å². The zero-order chi connectivity index (χ0) is 18.7. The zero-order valence-electron chi connectivity index (χ0n) is 14.1. The first-order valence-electron chi connectivity index (χ1n) is 8.11. The third-order valence-corrected chi connectivity index (χ3v) is 3.91. The minimum atomic E-state index is -4.53. The van der Waals surface area contributed by atoms with Crippen molar-refractivity contribution in [3.63, 3.8) is 0 Å². The average molecular weight is 369 g/mol. The summed E-state index contributed by atoms with van der Waals surface area (Å²) in [5.41, 5.74) is 0.555. The van der Waals surface area contributed by atoms with Crippen LogP contribution in [0.1, 0.15) is 18.6 Å². The molecule has 1 N–H and O–H groups in total. The fourth-order valence-electron chi connectivity index (χ4n) is 2.80. The molecule has 1 aliphatic rings. The second-order valence-corrected chi connectivity index (χ2v) is 5.78. The summed E-state index contributed by atoms with van der Waals surface area (Å²) in [6, 6.07) is 7.06. The predicted molar refractivity (Wildman–Crippen MR) is 86.5 cm³/mol. The Morgan fingerprint density at radius 1 is 1.27 bits per heavy atom. The van der Waals surface area contributed by atoms with Crippen molar-refractivity contribution < 1.29 is 22.7 Å². The Kier molecular flexibility index (Phi) is 5.12. The number of nitrogens with zero attached hydrogens (tertiary/aromatic N) is 4. The molecule has 1 amide bonds. The van der Waals surface area contributed by atoms with E-state index >= 15 is 0 Å². The third-order valence-electron chi connectivity index (χ3n) is 3.91. The van der Waals surface area contributed by atoms with Crippen LogP contribution < -0.4 is 10.1 Å². The number of carbonyl (C=O) groups is 1. The highest BCUT2D eigenvalue weighted by Gasteiger charge is 2.39. The maximum atomic E-state index is 12.8. The van der Waals surface area contributed by atoms with Gasteiger partial charge >= 0.3 is 6.18 Å². The number of halogens is 3. The van der Waals surface area contributed by atoms with Gasteiger partial charge in [-0.2, -0.15) is 13.2 Å². The first kappa shape index (κ1) is 18.2. The number of hydrogen-bond donors (Lipinski definition) is 1. The van der Waals surface area contributed by atoms with Gasteiger partial charge in [0, 0.05) is 13.1 Å². The molecule has 1 aromatic carbocycles. The maximum absolute atomic E-state index is 12.8. The van der Waals surface area contributed by atoms with Gasteiger partial charge in [0.15, 0.2) is 0 Å². The van der Waals surface area contributed by atoms with Gasteiger partial charge in [0.2, 0.25) is 11.7 Å². The number of ether oxygens (including phenoxy) is 1. The van der Waals surface area contributed by atoms with Crippen LogP contribution in [0.2, 0.25) is 0 Å². The minimum absolute atomic E-state index is 0.0364. The summed E-state index contributed by atoms with van der Waals surface area (Å²) in [6.07, 6.45) is -4.53. The van der Waals surface area contributed by atoms with E-state index in [9.17, 15) is 18.0 Å². The molecule has 0 bridgehead atoms. The van der Waals surface area contributed by atoms with E-state index in [-0.39, 0.29) is 31.4 Å². The molecule has 2 aromatic rings. The molecular formula is C16H18F3N5O2. The second-order valence-electron chi connectivity index (χ2n) is 5.78. The molecule has 10 heteroatoms. The van der Waals surface area contributed by atoms with Gasteiger partial charge in [0.1, 0.15) is 11.6 Å². The summed E-state index contributed by atoms with van der Waals surface area (Å²) >= 11 is 0. The van der Waals surface area contributed by atoms with Gasteiger partial charge in [-0.15, -0.1) is 10.2 Å². The number of amides is 1. The number of benzene rings is 1. The van der Waals surface area contributed by atoms with E-state index in [0.29, 0.717) is 24.6 Å². The van der Waals surface area contributed by atoms with E-state index in [4.69, 9.17) is 4.74 Å². The van der Waals surface area contributed by atoms with Crippen molar-refractivity contribution in [2.24, 2.45) is 0 Å². The Bertz CT molecular complexity index is 790. The number of alkyl halides is 3. The van der Waals surface area contributed by atoms with Gasteiger partial charge in [-0.25, -0.2) is 0 Å². The number of fused-ring (bicyclic) bond motifs is 1. The van der Waals surface area contributed by atoms with Crippen molar-refractivity contribution in [2.45, 2.75) is 26.2 Å². The second kappa shape index (κ2) is 7.32. The number of rotatable bonds is 5. The molecule has 0 atom stereocenters. The quantitative estimate of drug-likeness (QED) is 0.874. The molecule has 0 fully saturated rings. The molecule has 140 valence electrons. The van der Waals surface area contributed by atoms with Crippen molar-refractivity contribution in [3.05, 3.63) is 35.9 Å². The molecule has 0 radical (unpaired) electrons. The Hall–Kier alpha value is -2.62. The van der Waals surface area contributed by atoms with Crippen molar-refractivity contribution in [3.8, 4) is 5.75 Å². The summed E-state index contributed by atoms with van der Waals surface area (Å²) < 4.78 is 45.0. The van der Waals surface area contributed by atoms with Gasteiger partial charge in [0.25, 0.3) is 0 Å². The number of hydrogen-bond acceptors (Lipinski definition) is 5. The molecule has 3 rings (SSSR count). The highest BCUT2D eigenvalue weighted by molar-refractivity contribution is 5.93. The van der Waals surface area contributed by atoms with Gasteiger partial charge < -0.3 is 14.6 Å². The molecule has 0 aliphatic carbocycles. The lowest BCUT2D eigenvalue weighted by Gasteiger charge is -2.27. The zero-order valence-corrected chi connectivity index (χ0v) is 14.1. The molecule has 1 aromatic heterocycles. The normalized spacial score (nSPS) is 14.8. The van der Waals surface area contributed by atoms with Crippen LogP contribution in [0.15, 0.2) is 24.3 Å². The summed E-state index contributed by atoms with van der Waals surface area (Å²) in [5, 5.41) is 9.60. The summed E-state index contributed by atoms with van der Waals surface area (Å²) in [7, 11) is 0. The molecule has 0 saturated carbocycles. The van der Waals surface area contributed by atoms with E-state index in [1.54, 1.807) is 29.2 Å². The largest absolute Gasteiger partial charge is 0.492 e. The highest BCUT2D eigenvalue weighted by atomic mass is 19.4. The molecule has 26 heavy (non-hydrogen) atoms. The van der Waals surface area contributed by atoms with Crippen molar-refractivity contribution in [1.29, 1.82) is 0 Å². The number of anilines is 1. The molecule has 7 nitrogen and oxygen atoms in total. The number of nitrogens with one attached hydrogen (secondary N) is 1. The van der Waals surface area contributed by atoms with Gasteiger partial charge in [-0.3, -0.25) is 9.69 Å². The summed E-state index contributed by atoms with van der Waals surface area (Å²) in [6.45, 7) is 2.86. The number of carbonyl (C=O) groups excluding carboxylic acids is 1.